The third-order valence-electron chi connectivity index (χ3n) is 7.06. The van der Waals surface area contributed by atoms with E-state index in [2.05, 4.69) is 29.0 Å². The van der Waals surface area contributed by atoms with Gasteiger partial charge in [-0.25, -0.2) is 9.59 Å². The molecule has 2 aromatic heterocycles. The fourth-order valence-electron chi connectivity index (χ4n) is 4.80. The van der Waals surface area contributed by atoms with Crippen molar-refractivity contribution in [3.8, 4) is 0 Å². The number of hydrogen-bond acceptors (Lipinski definition) is 8. The van der Waals surface area contributed by atoms with Crippen LogP contribution in [-0.2, 0) is 27.4 Å². The number of carboxylic acid groups (broad SMARTS) is 2. The van der Waals surface area contributed by atoms with Crippen molar-refractivity contribution in [3.05, 3.63) is 47.1 Å². The number of amides is 1. The Bertz CT molecular complexity index is 1220. The maximum absolute atomic E-state index is 13.1. The number of aromatic nitrogens is 2. The molecule has 2 N–H and O–H groups in total. The summed E-state index contributed by atoms with van der Waals surface area (Å²) in [5.74, 6) is -4.21. The molecule has 0 aliphatic carbocycles. The molecule has 246 valence electrons. The van der Waals surface area contributed by atoms with Crippen molar-refractivity contribution in [2.45, 2.75) is 64.0 Å². The number of carbonyl (C=O) groups excluding carboxylic acids is 1. The van der Waals surface area contributed by atoms with Crippen LogP contribution in [0.3, 0.4) is 0 Å². The number of pyridine rings is 1. The molecule has 2 saturated heterocycles. The normalized spacial score (nSPS) is 17.9. The summed E-state index contributed by atoms with van der Waals surface area (Å²) in [5.41, 5.74) is 2.53. The van der Waals surface area contributed by atoms with Crippen molar-refractivity contribution >= 4 is 17.8 Å². The molecule has 0 saturated carbocycles. The van der Waals surface area contributed by atoms with E-state index in [0.29, 0.717) is 23.8 Å². The number of likely N-dealkylation sites (N-methyl/N-ethyl adjacent to an activating group) is 1. The highest BCUT2D eigenvalue weighted by Crippen LogP contribution is 2.39. The van der Waals surface area contributed by atoms with Crippen molar-refractivity contribution in [1.29, 1.82) is 0 Å². The van der Waals surface area contributed by atoms with Crippen LogP contribution in [0.15, 0.2) is 29.0 Å². The maximum Gasteiger partial charge on any atom is 0.490 e. The van der Waals surface area contributed by atoms with Crippen LogP contribution >= 0.6 is 0 Å². The molecule has 1 atom stereocenters. The summed E-state index contributed by atoms with van der Waals surface area (Å²) in [6.45, 7) is 7.85. The van der Waals surface area contributed by atoms with E-state index in [1.165, 1.54) is 0 Å². The van der Waals surface area contributed by atoms with E-state index in [-0.39, 0.29) is 11.4 Å². The molecule has 1 unspecified atom stereocenters. The lowest BCUT2D eigenvalue weighted by molar-refractivity contribution is -0.193. The first kappa shape index (κ1) is 36.5. The van der Waals surface area contributed by atoms with Gasteiger partial charge in [0, 0.05) is 38.5 Å². The van der Waals surface area contributed by atoms with Crippen molar-refractivity contribution in [2.75, 3.05) is 33.3 Å². The van der Waals surface area contributed by atoms with Gasteiger partial charge in [-0.3, -0.25) is 14.7 Å². The first-order chi connectivity index (χ1) is 20.4. The van der Waals surface area contributed by atoms with Crippen LogP contribution in [0.4, 0.5) is 26.3 Å². The molecule has 17 heteroatoms. The number of rotatable bonds is 7. The number of hydrogen-bond donors (Lipinski definition) is 2. The van der Waals surface area contributed by atoms with Crippen molar-refractivity contribution in [3.63, 3.8) is 0 Å². The second-order valence-electron chi connectivity index (χ2n) is 10.5. The number of piperidine rings is 1. The molecule has 1 amide bonds. The average Bonchev–Trinajstić information content (AvgIpc) is 3.28. The molecule has 0 bridgehead atoms. The monoisotopic (exact) mass is 640 g/mol. The highest BCUT2D eigenvalue weighted by Gasteiger charge is 2.51. The lowest BCUT2D eigenvalue weighted by Crippen LogP contribution is -2.72. The minimum atomic E-state index is -5.08. The molecule has 0 radical (unpaired) electrons. The largest absolute Gasteiger partial charge is 0.490 e. The van der Waals surface area contributed by atoms with E-state index in [4.69, 9.17) is 29.1 Å². The van der Waals surface area contributed by atoms with Crippen LogP contribution in [-0.4, -0.2) is 99.2 Å². The van der Waals surface area contributed by atoms with Gasteiger partial charge in [0.05, 0.1) is 17.8 Å². The smallest absolute Gasteiger partial charge is 0.475 e. The van der Waals surface area contributed by atoms with Gasteiger partial charge in [-0.15, -0.1) is 0 Å². The van der Waals surface area contributed by atoms with E-state index in [0.717, 1.165) is 63.2 Å². The van der Waals surface area contributed by atoms with Crippen molar-refractivity contribution in [1.82, 2.24) is 19.9 Å². The van der Waals surface area contributed by atoms with Gasteiger partial charge in [0.1, 0.15) is 11.3 Å². The van der Waals surface area contributed by atoms with E-state index < -0.39 is 24.3 Å². The van der Waals surface area contributed by atoms with Gasteiger partial charge >= 0.3 is 24.3 Å². The van der Waals surface area contributed by atoms with E-state index in [1.54, 1.807) is 6.20 Å². The highest BCUT2D eigenvalue weighted by molar-refractivity contribution is 5.97. The number of aryl methyl sites for hydroxylation is 2. The van der Waals surface area contributed by atoms with E-state index >= 15 is 0 Å². The molecule has 2 aliphatic rings. The van der Waals surface area contributed by atoms with E-state index in [9.17, 15) is 31.1 Å². The molecule has 2 aromatic rings. The maximum atomic E-state index is 13.1. The van der Waals surface area contributed by atoms with Crippen LogP contribution in [0.1, 0.15) is 53.6 Å². The minimum absolute atomic E-state index is 0.0613. The number of carboxylic acids is 2. The predicted molar refractivity (Wildman–Crippen MR) is 140 cm³/mol. The summed E-state index contributed by atoms with van der Waals surface area (Å²) in [6.07, 6.45) is -2.67. The molecule has 1 spiro atoms. The number of likely N-dealkylation sites (tertiary alicyclic amines) is 2. The van der Waals surface area contributed by atoms with Gasteiger partial charge in [0.25, 0.3) is 5.91 Å². The fourth-order valence-corrected chi connectivity index (χ4v) is 4.80. The zero-order valence-electron chi connectivity index (χ0n) is 24.2. The van der Waals surface area contributed by atoms with Crippen LogP contribution < -0.4 is 0 Å². The van der Waals surface area contributed by atoms with E-state index in [1.807, 2.05) is 30.2 Å². The standard InChI is InChI=1S/C23H32N4O3.2C2HF3O2/c1-4-6-20-21(17(2)25-30-20)22(28)27-15-23(16-27)11-18(8-10-26(23)3)13-29-14-19-7-5-9-24-12-19;2*3-2(4,5)1(6)7/h5,7,9,12,18H,4,6,8,10-11,13-16H2,1-3H3;2*(H,6,7). The number of aliphatic carboxylic acids is 2. The van der Waals surface area contributed by atoms with Crippen LogP contribution in [0, 0.1) is 12.8 Å². The van der Waals surface area contributed by atoms with Gasteiger partial charge in [-0.05, 0) is 57.3 Å². The Hall–Kier alpha value is -3.73. The number of halogens is 6. The first-order valence-corrected chi connectivity index (χ1v) is 13.4. The molecule has 4 heterocycles. The third-order valence-corrected chi connectivity index (χ3v) is 7.06. The molecule has 2 fully saturated rings. The Kier molecular flexibility index (Phi) is 12.7. The molecule has 4 rings (SSSR count). The quantitative estimate of drug-likeness (QED) is 0.419. The first-order valence-electron chi connectivity index (χ1n) is 13.4. The summed E-state index contributed by atoms with van der Waals surface area (Å²) >= 11 is 0. The summed E-state index contributed by atoms with van der Waals surface area (Å²) in [7, 11) is 2.18. The lowest BCUT2D eigenvalue weighted by atomic mass is 9.75. The molecule has 11 nitrogen and oxygen atoms in total. The predicted octanol–water partition coefficient (Wildman–Crippen LogP) is 4.35. The van der Waals surface area contributed by atoms with Crippen LogP contribution in [0.2, 0.25) is 0 Å². The minimum Gasteiger partial charge on any atom is -0.475 e. The zero-order valence-corrected chi connectivity index (χ0v) is 24.2. The molecular formula is C27H34F6N4O7. The van der Waals surface area contributed by atoms with Gasteiger partial charge in [0.2, 0.25) is 0 Å². The summed E-state index contributed by atoms with van der Waals surface area (Å²) in [4.78, 5) is 39.4. The fraction of sp³-hybridized carbons (Fsp3) is 0.593. The van der Waals surface area contributed by atoms with Gasteiger partial charge < -0.3 is 24.4 Å². The topological polar surface area (TPSA) is 146 Å². The Morgan fingerprint density at radius 1 is 1.11 bits per heavy atom. The second kappa shape index (κ2) is 15.3. The number of ether oxygens (including phenoxy) is 1. The van der Waals surface area contributed by atoms with Gasteiger partial charge in [-0.1, -0.05) is 18.1 Å². The molecule has 0 aromatic carbocycles. The zero-order chi connectivity index (χ0) is 33.3. The Morgan fingerprint density at radius 3 is 2.20 bits per heavy atom. The summed E-state index contributed by atoms with van der Waals surface area (Å²) in [5, 5.41) is 18.3. The third kappa shape index (κ3) is 10.2. The summed E-state index contributed by atoms with van der Waals surface area (Å²) in [6, 6.07) is 3.98. The van der Waals surface area contributed by atoms with Crippen LogP contribution in [0.5, 0.6) is 0 Å². The van der Waals surface area contributed by atoms with Crippen molar-refractivity contribution in [2.24, 2.45) is 5.92 Å². The van der Waals surface area contributed by atoms with Gasteiger partial charge in [-0.2, -0.15) is 26.3 Å². The Labute approximate surface area is 248 Å². The second-order valence-corrected chi connectivity index (χ2v) is 10.5. The van der Waals surface area contributed by atoms with Crippen molar-refractivity contribution < 1.29 is 60.2 Å². The number of nitrogens with zero attached hydrogens (tertiary/aromatic N) is 4. The molecule has 2 aliphatic heterocycles. The highest BCUT2D eigenvalue weighted by atomic mass is 19.4. The van der Waals surface area contributed by atoms with Gasteiger partial charge in [0.15, 0.2) is 0 Å². The Balaban J connectivity index is 0.000000402. The van der Waals surface area contributed by atoms with Crippen LogP contribution in [0.25, 0.3) is 0 Å². The summed E-state index contributed by atoms with van der Waals surface area (Å²) < 4.78 is 74.9. The lowest BCUT2D eigenvalue weighted by Gasteiger charge is -2.58. The Morgan fingerprint density at radius 2 is 1.70 bits per heavy atom. The average molecular weight is 641 g/mol. The molecule has 44 heavy (non-hydrogen) atoms. The number of carbonyl (C=O) groups is 3. The SMILES string of the molecule is CCCc1onc(C)c1C(=O)N1CC2(CC(COCc3cccnc3)CCN2C)C1.O=C(O)C(F)(F)F.O=C(O)C(F)(F)F. The molecular weight excluding hydrogens is 606 g/mol. The number of alkyl halides is 6.